The molecule has 4 saturated carbocycles. The third kappa shape index (κ3) is 2.46. The van der Waals surface area contributed by atoms with Crippen LogP contribution in [-0.2, 0) is 10.8 Å². The van der Waals surface area contributed by atoms with Crippen molar-refractivity contribution < 1.29 is 10.2 Å². The van der Waals surface area contributed by atoms with Crippen molar-refractivity contribution in [1.29, 1.82) is 0 Å². The van der Waals surface area contributed by atoms with Crippen molar-refractivity contribution in [1.82, 2.24) is 0 Å². The van der Waals surface area contributed by atoms with E-state index in [4.69, 9.17) is 0 Å². The lowest BCUT2D eigenvalue weighted by molar-refractivity contribution is -0.0286. The van der Waals surface area contributed by atoms with Crippen molar-refractivity contribution in [3.8, 4) is 11.5 Å². The second kappa shape index (κ2) is 5.78. The van der Waals surface area contributed by atoms with E-state index in [1.165, 1.54) is 60.8 Å². The molecule has 4 fully saturated rings. The summed E-state index contributed by atoms with van der Waals surface area (Å²) in [5, 5.41) is 20.4. The second-order valence-corrected chi connectivity index (χ2v) is 10.4. The third-order valence-corrected chi connectivity index (χ3v) is 8.29. The van der Waals surface area contributed by atoms with Crippen LogP contribution in [0.4, 0.5) is 0 Å². The normalized spacial score (nSPS) is 33.4. The fourth-order valence-corrected chi connectivity index (χ4v) is 7.64. The molecule has 4 bridgehead atoms. The third-order valence-electron chi connectivity index (χ3n) is 8.29. The highest BCUT2D eigenvalue weighted by atomic mass is 16.3. The molecule has 0 saturated heterocycles. The summed E-state index contributed by atoms with van der Waals surface area (Å²) in [7, 11) is 0. The zero-order valence-corrected chi connectivity index (χ0v) is 17.6. The Morgan fingerprint density at radius 3 is 1.43 bits per heavy atom. The quantitative estimate of drug-likeness (QED) is 0.663. The highest BCUT2D eigenvalue weighted by Gasteiger charge is 2.59. The number of hydrogen-bond donors (Lipinski definition) is 2. The van der Waals surface area contributed by atoms with E-state index in [2.05, 4.69) is 26.0 Å². The molecule has 2 N–H and O–H groups in total. The molecule has 148 valence electrons. The summed E-state index contributed by atoms with van der Waals surface area (Å²) in [6.45, 7) is 8.41. The Bertz CT molecular complexity index is 881. The van der Waals surface area contributed by atoms with Gasteiger partial charge in [-0.15, -0.1) is 0 Å². The highest BCUT2D eigenvalue weighted by molar-refractivity contribution is 5.49. The van der Waals surface area contributed by atoms with Crippen LogP contribution >= 0.6 is 0 Å². The van der Waals surface area contributed by atoms with Crippen LogP contribution in [0.1, 0.15) is 71.9 Å². The van der Waals surface area contributed by atoms with Crippen LogP contribution in [-0.4, -0.2) is 10.2 Å². The van der Waals surface area contributed by atoms with Gasteiger partial charge in [-0.05, 0) is 134 Å². The number of phenols is 2. The average Bonchev–Trinajstić information content (AvgIpc) is 2.60. The molecule has 0 heterocycles. The number of aromatic hydroxyl groups is 2. The van der Waals surface area contributed by atoms with Gasteiger partial charge in [-0.1, -0.05) is 12.1 Å². The summed E-state index contributed by atoms with van der Waals surface area (Å²) < 4.78 is 0. The van der Waals surface area contributed by atoms with Gasteiger partial charge in [0.05, 0.1) is 0 Å². The van der Waals surface area contributed by atoms with Crippen LogP contribution < -0.4 is 0 Å². The molecule has 2 aromatic carbocycles. The van der Waals surface area contributed by atoms with Gasteiger partial charge < -0.3 is 10.2 Å². The Balaban J connectivity index is 1.66. The van der Waals surface area contributed by atoms with Crippen LogP contribution in [0.25, 0.3) is 0 Å². The summed E-state index contributed by atoms with van der Waals surface area (Å²) in [5.74, 6) is 2.43. The van der Waals surface area contributed by atoms with Crippen molar-refractivity contribution in [2.75, 3.05) is 0 Å². The maximum absolute atomic E-state index is 10.2. The molecule has 4 aliphatic rings. The van der Waals surface area contributed by atoms with Gasteiger partial charge in [0.2, 0.25) is 0 Å². The first-order valence-corrected chi connectivity index (χ1v) is 10.8. The van der Waals surface area contributed by atoms with Gasteiger partial charge in [0.1, 0.15) is 11.5 Å². The minimum Gasteiger partial charge on any atom is -0.508 e. The first-order chi connectivity index (χ1) is 13.2. The topological polar surface area (TPSA) is 40.5 Å². The summed E-state index contributed by atoms with van der Waals surface area (Å²) in [4.78, 5) is 0. The van der Waals surface area contributed by atoms with Gasteiger partial charge in [0, 0.05) is 0 Å². The van der Waals surface area contributed by atoms with Gasteiger partial charge >= 0.3 is 0 Å². The van der Waals surface area contributed by atoms with Crippen molar-refractivity contribution in [2.24, 2.45) is 11.8 Å². The fourth-order valence-electron chi connectivity index (χ4n) is 7.64. The van der Waals surface area contributed by atoms with E-state index in [-0.39, 0.29) is 10.8 Å². The van der Waals surface area contributed by atoms with Gasteiger partial charge in [-0.3, -0.25) is 0 Å². The van der Waals surface area contributed by atoms with E-state index >= 15 is 0 Å². The second-order valence-electron chi connectivity index (χ2n) is 10.4. The van der Waals surface area contributed by atoms with Gasteiger partial charge in [-0.2, -0.15) is 0 Å². The van der Waals surface area contributed by atoms with Crippen molar-refractivity contribution >= 4 is 0 Å². The molecular formula is C26H32O2. The molecule has 0 amide bonds. The lowest BCUT2D eigenvalue weighted by Crippen LogP contribution is -2.56. The predicted molar refractivity (Wildman–Crippen MR) is 113 cm³/mol. The smallest absolute Gasteiger partial charge is 0.118 e. The molecule has 4 aliphatic carbocycles. The molecule has 0 unspecified atom stereocenters. The SMILES string of the molecule is Cc1cc(C23CC4CC(C2)CC(c2cc(C)c(O)cc2C)(C4)C3)c(C)cc1O. The van der Waals surface area contributed by atoms with Crippen molar-refractivity contribution in [3.05, 3.63) is 57.6 Å². The molecule has 6 rings (SSSR count). The Hall–Kier alpha value is -1.96. The van der Waals surface area contributed by atoms with Crippen LogP contribution in [0.5, 0.6) is 11.5 Å². The Morgan fingerprint density at radius 1 is 0.643 bits per heavy atom. The van der Waals surface area contributed by atoms with Crippen molar-refractivity contribution in [2.45, 2.75) is 77.0 Å². The van der Waals surface area contributed by atoms with E-state index in [0.29, 0.717) is 11.5 Å². The van der Waals surface area contributed by atoms with Gasteiger partial charge in [0.25, 0.3) is 0 Å². The first-order valence-electron chi connectivity index (χ1n) is 10.8. The first kappa shape index (κ1) is 18.1. The summed E-state index contributed by atoms with van der Waals surface area (Å²) in [5.41, 5.74) is 7.95. The Morgan fingerprint density at radius 2 is 1.04 bits per heavy atom. The van der Waals surface area contributed by atoms with Gasteiger partial charge in [-0.25, -0.2) is 0 Å². The molecule has 2 heteroatoms. The molecule has 0 aliphatic heterocycles. The standard InChI is InChI=1S/C26H32O2/c1-15-7-23(27)17(3)5-21(15)25-10-19-9-20(11-25)13-26(12-19,14-25)22-6-18(4)24(28)8-16(22)2/h5-8,19-20,27-28H,9-14H2,1-4H3. The molecule has 0 radical (unpaired) electrons. The number of phenolic OH excluding ortho intramolecular Hbond substituents is 2. The van der Waals surface area contributed by atoms with Crippen LogP contribution in [0.15, 0.2) is 24.3 Å². The minimum absolute atomic E-state index is 0.241. The molecule has 28 heavy (non-hydrogen) atoms. The minimum atomic E-state index is 0.241. The van der Waals surface area contributed by atoms with E-state index in [0.717, 1.165) is 23.0 Å². The molecule has 2 aromatic rings. The summed E-state index contributed by atoms with van der Waals surface area (Å²) in [6, 6.07) is 8.51. The van der Waals surface area contributed by atoms with Crippen molar-refractivity contribution in [3.63, 3.8) is 0 Å². The number of benzene rings is 2. The van der Waals surface area contributed by atoms with E-state index < -0.39 is 0 Å². The van der Waals surface area contributed by atoms with Gasteiger partial charge in [0.15, 0.2) is 0 Å². The largest absolute Gasteiger partial charge is 0.508 e. The lowest BCUT2D eigenvalue weighted by Gasteiger charge is -2.63. The monoisotopic (exact) mass is 376 g/mol. The lowest BCUT2D eigenvalue weighted by atomic mass is 9.41. The average molecular weight is 377 g/mol. The zero-order valence-electron chi connectivity index (χ0n) is 17.6. The number of hydrogen-bond acceptors (Lipinski definition) is 2. The highest BCUT2D eigenvalue weighted by Crippen LogP contribution is 2.67. The molecule has 0 spiro atoms. The summed E-state index contributed by atoms with van der Waals surface area (Å²) in [6.07, 6.45) is 7.79. The van der Waals surface area contributed by atoms with Crippen LogP contribution in [0.3, 0.4) is 0 Å². The predicted octanol–water partition coefficient (Wildman–Crippen LogP) is 6.12. The fraction of sp³-hybridized carbons (Fsp3) is 0.538. The maximum atomic E-state index is 10.2. The van der Waals surface area contributed by atoms with Crippen LogP contribution in [0, 0.1) is 39.5 Å². The number of aryl methyl sites for hydroxylation is 4. The van der Waals surface area contributed by atoms with Crippen LogP contribution in [0.2, 0.25) is 0 Å². The van der Waals surface area contributed by atoms with E-state index in [9.17, 15) is 10.2 Å². The molecule has 0 aromatic heterocycles. The Labute approximate surface area is 168 Å². The van der Waals surface area contributed by atoms with E-state index in [1.807, 2.05) is 26.0 Å². The molecule has 0 atom stereocenters. The number of rotatable bonds is 2. The molecule has 2 nitrogen and oxygen atoms in total. The van der Waals surface area contributed by atoms with E-state index in [1.54, 1.807) is 0 Å². The molecular weight excluding hydrogens is 344 g/mol. The summed E-state index contributed by atoms with van der Waals surface area (Å²) >= 11 is 0. The maximum Gasteiger partial charge on any atom is 0.118 e. The Kier molecular flexibility index (Phi) is 3.73. The zero-order chi connectivity index (χ0) is 19.8.